The summed E-state index contributed by atoms with van der Waals surface area (Å²) in [6.07, 6.45) is 2.61. The van der Waals surface area contributed by atoms with Crippen LogP contribution < -0.4 is 10.6 Å². The van der Waals surface area contributed by atoms with Crippen LogP contribution in [0.4, 0.5) is 10.1 Å². The average Bonchev–Trinajstić information content (AvgIpc) is 2.90. The Kier molecular flexibility index (Phi) is 2.08. The van der Waals surface area contributed by atoms with Crippen LogP contribution >= 0.6 is 11.3 Å². The molecule has 1 spiro atoms. The summed E-state index contributed by atoms with van der Waals surface area (Å²) in [6, 6.07) is 0. The second-order valence-corrected chi connectivity index (χ2v) is 4.87. The van der Waals surface area contributed by atoms with Gasteiger partial charge in [-0.15, -0.1) is 0 Å². The van der Waals surface area contributed by atoms with Gasteiger partial charge in [-0.2, -0.15) is 0 Å². The van der Waals surface area contributed by atoms with E-state index in [0.717, 1.165) is 29.6 Å². The van der Waals surface area contributed by atoms with Crippen LogP contribution in [0, 0.1) is 0 Å². The Hall–Kier alpha value is -0.850. The van der Waals surface area contributed by atoms with Gasteiger partial charge >= 0.3 is 0 Å². The van der Waals surface area contributed by atoms with E-state index < -0.39 is 0 Å². The molecule has 0 atom stereocenters. The van der Waals surface area contributed by atoms with Gasteiger partial charge in [-0.3, -0.25) is 0 Å². The van der Waals surface area contributed by atoms with Crippen molar-refractivity contribution < 1.29 is 9.47 Å². The lowest BCUT2D eigenvalue weighted by atomic mass is 10.2. The normalized spacial score (nSPS) is 24.1. The summed E-state index contributed by atoms with van der Waals surface area (Å²) in [5.41, 5.74) is 5.66. The van der Waals surface area contributed by atoms with Gasteiger partial charge < -0.3 is 20.1 Å². The van der Waals surface area contributed by atoms with Crippen molar-refractivity contribution >= 4 is 21.5 Å². The van der Waals surface area contributed by atoms with Gasteiger partial charge in [-0.05, 0) is 0 Å². The molecule has 2 N–H and O–H groups in total. The highest BCUT2D eigenvalue weighted by Crippen LogP contribution is 2.35. The first-order chi connectivity index (χ1) is 7.27. The first-order valence-corrected chi connectivity index (χ1v) is 5.83. The van der Waals surface area contributed by atoms with E-state index in [1.54, 1.807) is 6.20 Å². The van der Waals surface area contributed by atoms with Gasteiger partial charge in [0, 0.05) is 13.0 Å². The van der Waals surface area contributed by atoms with Crippen molar-refractivity contribution in [2.24, 2.45) is 0 Å². The summed E-state index contributed by atoms with van der Waals surface area (Å²) >= 11 is 1.51. The monoisotopic (exact) mass is 227 g/mol. The van der Waals surface area contributed by atoms with Crippen LogP contribution in [0.2, 0.25) is 0 Å². The minimum Gasteiger partial charge on any atom is -0.389 e. The van der Waals surface area contributed by atoms with Crippen molar-refractivity contribution in [1.82, 2.24) is 4.98 Å². The number of nitrogens with two attached hydrogens (primary N) is 1. The Balaban J connectivity index is 1.75. The van der Waals surface area contributed by atoms with Gasteiger partial charge in [0.2, 0.25) is 0 Å². The van der Waals surface area contributed by atoms with E-state index in [9.17, 15) is 0 Å². The quantitative estimate of drug-likeness (QED) is 0.764. The molecule has 2 aliphatic rings. The Labute approximate surface area is 91.8 Å². The van der Waals surface area contributed by atoms with E-state index in [1.165, 1.54) is 11.3 Å². The molecular formula is C9H13N3O2S. The number of anilines is 2. The predicted molar refractivity (Wildman–Crippen MR) is 58.0 cm³/mol. The molecule has 3 heterocycles. The third-order valence-electron chi connectivity index (χ3n) is 2.79. The lowest BCUT2D eigenvalue weighted by Crippen LogP contribution is -2.34. The van der Waals surface area contributed by atoms with Gasteiger partial charge in [0.05, 0.1) is 26.0 Å². The van der Waals surface area contributed by atoms with Crippen molar-refractivity contribution in [3.63, 3.8) is 0 Å². The van der Waals surface area contributed by atoms with E-state index in [2.05, 4.69) is 9.88 Å². The number of rotatable bonds is 1. The largest absolute Gasteiger partial charge is 0.389 e. The molecule has 2 saturated heterocycles. The smallest absolute Gasteiger partial charge is 0.187 e. The highest BCUT2D eigenvalue weighted by atomic mass is 32.1. The molecule has 1 aromatic heterocycles. The van der Waals surface area contributed by atoms with E-state index >= 15 is 0 Å². The maximum atomic E-state index is 5.66. The third kappa shape index (κ3) is 1.58. The van der Waals surface area contributed by atoms with Gasteiger partial charge in [-0.25, -0.2) is 4.98 Å². The highest BCUT2D eigenvalue weighted by molar-refractivity contribution is 7.19. The fourth-order valence-electron chi connectivity index (χ4n) is 2.07. The molecule has 0 unspecified atom stereocenters. The van der Waals surface area contributed by atoms with Crippen LogP contribution in [0.1, 0.15) is 6.42 Å². The molecule has 2 aliphatic heterocycles. The molecule has 15 heavy (non-hydrogen) atoms. The number of hydrogen-bond acceptors (Lipinski definition) is 6. The average molecular weight is 227 g/mol. The van der Waals surface area contributed by atoms with Gasteiger partial charge in [0.1, 0.15) is 5.00 Å². The van der Waals surface area contributed by atoms with E-state index in [1.807, 2.05) is 0 Å². The lowest BCUT2D eigenvalue weighted by molar-refractivity contribution is -0.137. The van der Waals surface area contributed by atoms with Crippen LogP contribution in [0.15, 0.2) is 6.20 Å². The van der Waals surface area contributed by atoms with Crippen LogP contribution in [-0.2, 0) is 9.47 Å². The molecule has 3 rings (SSSR count). The van der Waals surface area contributed by atoms with Crippen LogP contribution in [0.25, 0.3) is 0 Å². The number of hydrogen-bond donors (Lipinski definition) is 1. The molecule has 6 heteroatoms. The van der Waals surface area contributed by atoms with Gasteiger partial charge in [-0.1, -0.05) is 11.3 Å². The second kappa shape index (κ2) is 3.33. The molecule has 5 nitrogen and oxygen atoms in total. The number of thiazole rings is 1. The molecule has 0 bridgehead atoms. The SMILES string of the molecule is Nc1cnc(N2CCC3(C2)OCCO3)s1. The zero-order valence-electron chi connectivity index (χ0n) is 8.31. The second-order valence-electron chi connectivity index (χ2n) is 3.82. The summed E-state index contributed by atoms with van der Waals surface area (Å²) in [4.78, 5) is 6.43. The Bertz CT molecular complexity index is 362. The molecule has 0 radical (unpaired) electrons. The van der Waals surface area contributed by atoms with Crippen molar-refractivity contribution in [3.05, 3.63) is 6.20 Å². The Morgan fingerprint density at radius 2 is 2.27 bits per heavy atom. The first-order valence-electron chi connectivity index (χ1n) is 5.02. The molecule has 2 fully saturated rings. The summed E-state index contributed by atoms with van der Waals surface area (Å²) in [5, 5.41) is 1.71. The maximum Gasteiger partial charge on any atom is 0.187 e. The Morgan fingerprint density at radius 3 is 2.93 bits per heavy atom. The van der Waals surface area contributed by atoms with Crippen LogP contribution in [0.3, 0.4) is 0 Å². The van der Waals surface area contributed by atoms with Crippen molar-refractivity contribution in [1.29, 1.82) is 0 Å². The lowest BCUT2D eigenvalue weighted by Gasteiger charge is -2.21. The molecule has 82 valence electrons. The minimum atomic E-state index is -0.375. The van der Waals surface area contributed by atoms with Gasteiger partial charge in [0.15, 0.2) is 10.9 Å². The predicted octanol–water partition coefficient (Wildman–Crippen LogP) is 0.678. The van der Waals surface area contributed by atoms with E-state index in [0.29, 0.717) is 13.2 Å². The summed E-state index contributed by atoms with van der Waals surface area (Å²) in [5.74, 6) is -0.375. The zero-order valence-corrected chi connectivity index (χ0v) is 9.13. The topological polar surface area (TPSA) is 60.6 Å². The fraction of sp³-hybridized carbons (Fsp3) is 0.667. The maximum absolute atomic E-state index is 5.66. The zero-order chi connectivity index (χ0) is 10.3. The molecular weight excluding hydrogens is 214 g/mol. The standard InChI is InChI=1S/C9H13N3O2S/c10-7-5-11-8(15-7)12-2-1-9(6-12)13-3-4-14-9/h5H,1-4,6,10H2. The van der Waals surface area contributed by atoms with Crippen LogP contribution in [-0.4, -0.2) is 37.1 Å². The van der Waals surface area contributed by atoms with Gasteiger partial charge in [0.25, 0.3) is 0 Å². The molecule has 0 aromatic carbocycles. The van der Waals surface area contributed by atoms with E-state index in [-0.39, 0.29) is 5.79 Å². The molecule has 1 aromatic rings. The van der Waals surface area contributed by atoms with Crippen molar-refractivity contribution in [3.8, 4) is 0 Å². The number of aromatic nitrogens is 1. The minimum absolute atomic E-state index is 0.375. The number of nitrogens with zero attached hydrogens (tertiary/aromatic N) is 2. The molecule has 0 saturated carbocycles. The Morgan fingerprint density at radius 1 is 1.47 bits per heavy atom. The van der Waals surface area contributed by atoms with Crippen molar-refractivity contribution in [2.75, 3.05) is 36.9 Å². The fourth-order valence-corrected chi connectivity index (χ4v) is 2.78. The molecule has 0 aliphatic carbocycles. The summed E-state index contributed by atoms with van der Waals surface area (Å²) < 4.78 is 11.3. The van der Waals surface area contributed by atoms with Crippen molar-refractivity contribution in [2.45, 2.75) is 12.2 Å². The van der Waals surface area contributed by atoms with E-state index in [4.69, 9.17) is 15.2 Å². The van der Waals surface area contributed by atoms with Crippen LogP contribution in [0.5, 0.6) is 0 Å². The summed E-state index contributed by atoms with van der Waals surface area (Å²) in [7, 11) is 0. The third-order valence-corrected chi connectivity index (χ3v) is 3.68. The first kappa shape index (κ1) is 9.38. The highest BCUT2D eigenvalue weighted by Gasteiger charge is 2.43. The number of nitrogen functional groups attached to an aromatic ring is 1. The number of ether oxygens (including phenoxy) is 2. The molecule has 0 amide bonds. The summed E-state index contributed by atoms with van der Waals surface area (Å²) in [6.45, 7) is 3.09.